The van der Waals surface area contributed by atoms with Crippen molar-refractivity contribution in [1.29, 1.82) is 0 Å². The normalized spacial score (nSPS) is 16.5. The molecule has 3 aromatic rings. The first-order chi connectivity index (χ1) is 13.5. The largest absolute Gasteiger partial charge is 0.359 e. The van der Waals surface area contributed by atoms with E-state index in [0.29, 0.717) is 35.1 Å². The zero-order valence-corrected chi connectivity index (χ0v) is 16.5. The Bertz CT molecular complexity index is 960. The molecule has 4 rings (SSSR count). The van der Waals surface area contributed by atoms with Crippen LogP contribution in [0.1, 0.15) is 47.2 Å². The Morgan fingerprint density at radius 3 is 2.79 bits per heavy atom. The number of rotatable bonds is 4. The van der Waals surface area contributed by atoms with Crippen LogP contribution < -0.4 is 5.32 Å². The Labute approximate surface area is 167 Å². The van der Waals surface area contributed by atoms with E-state index in [0.717, 1.165) is 29.7 Å². The van der Waals surface area contributed by atoms with Crippen molar-refractivity contribution in [2.24, 2.45) is 0 Å². The van der Waals surface area contributed by atoms with Crippen LogP contribution in [0, 0.1) is 13.8 Å². The third-order valence-electron chi connectivity index (χ3n) is 5.07. The lowest BCUT2D eigenvalue weighted by Crippen LogP contribution is -2.34. The first-order valence-corrected chi connectivity index (χ1v) is 9.59. The van der Waals surface area contributed by atoms with Gasteiger partial charge < -0.3 is 19.3 Å². The van der Waals surface area contributed by atoms with E-state index in [1.165, 1.54) is 0 Å². The molecule has 2 amide bonds. The molecule has 0 saturated carbocycles. The molecule has 2 aromatic heterocycles. The van der Waals surface area contributed by atoms with Gasteiger partial charge in [-0.2, -0.15) is 0 Å². The number of carbonyl (C=O) groups is 1. The maximum Gasteiger partial charge on any atom is 0.322 e. The van der Waals surface area contributed by atoms with Gasteiger partial charge in [0.25, 0.3) is 0 Å². The van der Waals surface area contributed by atoms with Gasteiger partial charge in [-0.1, -0.05) is 34.0 Å². The zero-order chi connectivity index (χ0) is 19.7. The molecule has 1 saturated heterocycles. The number of likely N-dealkylation sites (tertiary alicyclic amines) is 1. The highest BCUT2D eigenvalue weighted by Gasteiger charge is 2.35. The van der Waals surface area contributed by atoms with E-state index in [-0.39, 0.29) is 12.1 Å². The third-order valence-corrected chi connectivity index (χ3v) is 5.32. The molecule has 28 heavy (non-hydrogen) atoms. The molecule has 1 aromatic carbocycles. The van der Waals surface area contributed by atoms with Crippen LogP contribution in [0.3, 0.4) is 0 Å². The van der Waals surface area contributed by atoms with Crippen LogP contribution in [0.25, 0.3) is 0 Å². The number of aryl methyl sites for hydroxylation is 2. The molecule has 3 heterocycles. The predicted molar refractivity (Wildman–Crippen MR) is 104 cm³/mol. The summed E-state index contributed by atoms with van der Waals surface area (Å²) in [4.78, 5) is 14.7. The predicted octanol–water partition coefficient (Wildman–Crippen LogP) is 4.89. The van der Waals surface area contributed by atoms with Gasteiger partial charge in [0.05, 0.1) is 12.2 Å². The molecule has 8 heteroatoms. The highest BCUT2D eigenvalue weighted by atomic mass is 35.5. The molecule has 1 N–H and O–H groups in total. The van der Waals surface area contributed by atoms with Crippen molar-refractivity contribution in [2.45, 2.75) is 39.2 Å². The maximum atomic E-state index is 12.9. The standard InChI is InChI=1S/C20H21ClN4O3/c1-12-18(13(2)27-24-12)23-20(26)25-9-3-4-17(25)19-15(11-22-28-19)10-14-5-7-16(21)8-6-14/h5-8,11,17H,3-4,9-10H2,1-2H3,(H,23,26)/t17-/m1/s1. The van der Waals surface area contributed by atoms with E-state index >= 15 is 0 Å². The average molecular weight is 401 g/mol. The van der Waals surface area contributed by atoms with Gasteiger partial charge in [-0.3, -0.25) is 0 Å². The first kappa shape index (κ1) is 18.6. The Balaban J connectivity index is 1.53. The Morgan fingerprint density at radius 2 is 2.07 bits per heavy atom. The highest BCUT2D eigenvalue weighted by Crippen LogP contribution is 2.35. The van der Waals surface area contributed by atoms with E-state index in [1.54, 1.807) is 24.9 Å². The average Bonchev–Trinajstić information content (AvgIpc) is 3.40. The van der Waals surface area contributed by atoms with E-state index in [1.807, 2.05) is 24.3 Å². The molecule has 146 valence electrons. The van der Waals surface area contributed by atoms with Crippen LogP contribution in [0.15, 0.2) is 39.5 Å². The van der Waals surface area contributed by atoms with Gasteiger partial charge in [-0.25, -0.2) is 4.79 Å². The third kappa shape index (κ3) is 3.62. The maximum absolute atomic E-state index is 12.9. The zero-order valence-electron chi connectivity index (χ0n) is 15.7. The van der Waals surface area contributed by atoms with Crippen molar-refractivity contribution in [2.75, 3.05) is 11.9 Å². The summed E-state index contributed by atoms with van der Waals surface area (Å²) in [6.45, 7) is 4.23. The number of aromatic nitrogens is 2. The van der Waals surface area contributed by atoms with E-state index in [4.69, 9.17) is 20.6 Å². The SMILES string of the molecule is Cc1noc(C)c1NC(=O)N1CCC[C@@H]1c1oncc1Cc1ccc(Cl)cc1. The summed E-state index contributed by atoms with van der Waals surface area (Å²) in [6, 6.07) is 7.35. The van der Waals surface area contributed by atoms with Gasteiger partial charge in [-0.05, 0) is 44.4 Å². The van der Waals surface area contributed by atoms with Crippen LogP contribution in [0.2, 0.25) is 5.02 Å². The van der Waals surface area contributed by atoms with Crippen LogP contribution in [-0.2, 0) is 6.42 Å². The molecule has 0 bridgehead atoms. The molecule has 1 aliphatic rings. The van der Waals surface area contributed by atoms with Crippen molar-refractivity contribution in [3.63, 3.8) is 0 Å². The number of anilines is 1. The second-order valence-electron chi connectivity index (χ2n) is 7.00. The number of nitrogens with zero attached hydrogens (tertiary/aromatic N) is 3. The van der Waals surface area contributed by atoms with Gasteiger partial charge in [0, 0.05) is 23.6 Å². The Hall–Kier alpha value is -2.80. The summed E-state index contributed by atoms with van der Waals surface area (Å²) < 4.78 is 10.7. The van der Waals surface area contributed by atoms with Crippen molar-refractivity contribution in [3.8, 4) is 0 Å². The number of amides is 2. The van der Waals surface area contributed by atoms with Gasteiger partial charge in [-0.15, -0.1) is 0 Å². The van der Waals surface area contributed by atoms with Gasteiger partial charge >= 0.3 is 6.03 Å². The number of carbonyl (C=O) groups excluding carboxylic acids is 1. The summed E-state index contributed by atoms with van der Waals surface area (Å²) in [6.07, 6.45) is 4.14. The lowest BCUT2D eigenvalue weighted by molar-refractivity contribution is 0.195. The number of nitrogens with one attached hydrogen (secondary N) is 1. The smallest absolute Gasteiger partial charge is 0.322 e. The minimum Gasteiger partial charge on any atom is -0.359 e. The van der Waals surface area contributed by atoms with Gasteiger partial charge in [0.15, 0.2) is 11.5 Å². The summed E-state index contributed by atoms with van der Waals surface area (Å²) in [5.41, 5.74) is 3.36. The number of urea groups is 1. The Kier molecular flexibility index (Phi) is 5.09. The fourth-order valence-corrected chi connectivity index (χ4v) is 3.75. The summed E-state index contributed by atoms with van der Waals surface area (Å²) in [5, 5.41) is 11.5. The number of hydrogen-bond donors (Lipinski definition) is 1. The monoisotopic (exact) mass is 400 g/mol. The lowest BCUT2D eigenvalue weighted by atomic mass is 10.0. The number of hydrogen-bond acceptors (Lipinski definition) is 5. The molecular weight excluding hydrogens is 380 g/mol. The molecular formula is C20H21ClN4O3. The minimum absolute atomic E-state index is 0.148. The lowest BCUT2D eigenvalue weighted by Gasteiger charge is -2.23. The van der Waals surface area contributed by atoms with Gasteiger partial charge in [0.2, 0.25) is 0 Å². The second kappa shape index (κ2) is 7.67. The fourth-order valence-electron chi connectivity index (χ4n) is 3.62. The molecule has 0 aliphatic carbocycles. The Morgan fingerprint density at radius 1 is 1.29 bits per heavy atom. The van der Waals surface area contributed by atoms with Crippen LogP contribution >= 0.6 is 11.6 Å². The number of halogens is 1. The molecule has 1 aliphatic heterocycles. The summed E-state index contributed by atoms with van der Waals surface area (Å²) >= 11 is 5.97. The topological polar surface area (TPSA) is 84.4 Å². The van der Waals surface area contributed by atoms with Crippen molar-refractivity contribution in [1.82, 2.24) is 15.2 Å². The van der Waals surface area contributed by atoms with Crippen molar-refractivity contribution < 1.29 is 13.8 Å². The van der Waals surface area contributed by atoms with Crippen molar-refractivity contribution >= 4 is 23.3 Å². The second-order valence-corrected chi connectivity index (χ2v) is 7.44. The molecule has 7 nitrogen and oxygen atoms in total. The van der Waals surface area contributed by atoms with E-state index < -0.39 is 0 Å². The first-order valence-electron chi connectivity index (χ1n) is 9.21. The molecule has 0 spiro atoms. The summed E-state index contributed by atoms with van der Waals surface area (Å²) in [5.74, 6) is 1.33. The molecule has 0 radical (unpaired) electrons. The fraction of sp³-hybridized carbons (Fsp3) is 0.350. The molecule has 0 unspecified atom stereocenters. The van der Waals surface area contributed by atoms with Crippen LogP contribution in [-0.4, -0.2) is 27.8 Å². The van der Waals surface area contributed by atoms with Crippen LogP contribution in [0.4, 0.5) is 10.5 Å². The summed E-state index contributed by atoms with van der Waals surface area (Å²) in [7, 11) is 0. The minimum atomic E-state index is -0.189. The quantitative estimate of drug-likeness (QED) is 0.673. The van der Waals surface area contributed by atoms with Gasteiger partial charge in [0.1, 0.15) is 11.4 Å². The van der Waals surface area contributed by atoms with Crippen LogP contribution in [0.5, 0.6) is 0 Å². The number of benzene rings is 1. The molecule has 1 atom stereocenters. The van der Waals surface area contributed by atoms with Crippen molar-refractivity contribution in [3.05, 3.63) is 63.8 Å². The van der Waals surface area contributed by atoms with E-state index in [2.05, 4.69) is 15.6 Å². The molecule has 1 fully saturated rings. The van der Waals surface area contributed by atoms with E-state index in [9.17, 15) is 4.79 Å². The highest BCUT2D eigenvalue weighted by molar-refractivity contribution is 6.30.